The summed E-state index contributed by atoms with van der Waals surface area (Å²) < 4.78 is 21.5. The van der Waals surface area contributed by atoms with Gasteiger partial charge < -0.3 is 24.1 Å². The van der Waals surface area contributed by atoms with Gasteiger partial charge in [0.15, 0.2) is 23.9 Å². The summed E-state index contributed by atoms with van der Waals surface area (Å²) in [4.78, 5) is 36.7. The van der Waals surface area contributed by atoms with E-state index in [-0.39, 0.29) is 29.8 Å². The standard InChI is InChI=1S/C26H28N2O7/c1-15(2)25(30)27-20-9-6-18(7-10-20)22(29)14-34-26(31)19-8-11-23(24(12-19)32-5)33-13-21-16(3)28-35-17(21)4/h6-12,15H,13-14H2,1-5H3,(H,27,30). The molecule has 1 aromatic heterocycles. The minimum Gasteiger partial charge on any atom is -0.493 e. The zero-order valence-electron chi connectivity index (χ0n) is 20.3. The lowest BCUT2D eigenvalue weighted by molar-refractivity contribution is -0.118. The molecule has 0 spiro atoms. The van der Waals surface area contributed by atoms with Gasteiger partial charge in [-0.05, 0) is 56.3 Å². The van der Waals surface area contributed by atoms with E-state index in [2.05, 4.69) is 10.5 Å². The van der Waals surface area contributed by atoms with Crippen molar-refractivity contribution in [3.8, 4) is 11.5 Å². The zero-order chi connectivity index (χ0) is 25.5. The van der Waals surface area contributed by atoms with Gasteiger partial charge in [0.1, 0.15) is 12.4 Å². The van der Waals surface area contributed by atoms with Gasteiger partial charge in [0, 0.05) is 17.2 Å². The molecule has 0 fully saturated rings. The Kier molecular flexibility index (Phi) is 8.25. The lowest BCUT2D eigenvalue weighted by Gasteiger charge is -2.12. The summed E-state index contributed by atoms with van der Waals surface area (Å²) >= 11 is 0. The Balaban J connectivity index is 1.58. The fraction of sp³-hybridized carbons (Fsp3) is 0.308. The fourth-order valence-corrected chi connectivity index (χ4v) is 3.10. The summed E-state index contributed by atoms with van der Waals surface area (Å²) in [6, 6.07) is 11.0. The third-order valence-corrected chi connectivity index (χ3v) is 5.29. The molecule has 0 radical (unpaired) electrons. The Hall–Kier alpha value is -4.14. The van der Waals surface area contributed by atoms with Crippen LogP contribution in [0.2, 0.25) is 0 Å². The third kappa shape index (κ3) is 6.47. The van der Waals surface area contributed by atoms with E-state index in [4.69, 9.17) is 18.7 Å². The second-order valence-corrected chi connectivity index (χ2v) is 8.18. The predicted molar refractivity (Wildman–Crippen MR) is 128 cm³/mol. The molecule has 3 aromatic rings. The number of esters is 1. The number of anilines is 1. The topological polar surface area (TPSA) is 117 Å². The minimum absolute atomic E-state index is 0.117. The molecule has 3 rings (SSSR count). The Labute approximate surface area is 203 Å². The van der Waals surface area contributed by atoms with Gasteiger partial charge >= 0.3 is 5.97 Å². The SMILES string of the molecule is COc1cc(C(=O)OCC(=O)c2ccc(NC(=O)C(C)C)cc2)ccc1OCc1c(C)noc1C. The largest absolute Gasteiger partial charge is 0.493 e. The van der Waals surface area contributed by atoms with E-state index in [0.29, 0.717) is 28.5 Å². The maximum Gasteiger partial charge on any atom is 0.338 e. The van der Waals surface area contributed by atoms with Crippen LogP contribution in [0.25, 0.3) is 0 Å². The molecule has 0 atom stereocenters. The molecule has 1 N–H and O–H groups in total. The highest BCUT2D eigenvalue weighted by Gasteiger charge is 2.17. The van der Waals surface area contributed by atoms with Gasteiger partial charge in [0.25, 0.3) is 0 Å². The zero-order valence-corrected chi connectivity index (χ0v) is 20.3. The number of aryl methyl sites for hydroxylation is 2. The van der Waals surface area contributed by atoms with Crippen molar-refractivity contribution < 1.29 is 33.1 Å². The van der Waals surface area contributed by atoms with E-state index < -0.39 is 12.6 Å². The number of rotatable bonds is 10. The van der Waals surface area contributed by atoms with Gasteiger partial charge in [-0.2, -0.15) is 0 Å². The Morgan fingerprint density at radius 2 is 1.69 bits per heavy atom. The van der Waals surface area contributed by atoms with Crippen molar-refractivity contribution in [1.29, 1.82) is 0 Å². The quantitative estimate of drug-likeness (QED) is 0.333. The third-order valence-electron chi connectivity index (χ3n) is 5.29. The van der Waals surface area contributed by atoms with Crippen LogP contribution >= 0.6 is 0 Å². The Morgan fingerprint density at radius 3 is 2.29 bits per heavy atom. The molecular weight excluding hydrogens is 452 g/mol. The number of nitrogens with zero attached hydrogens (tertiary/aromatic N) is 1. The number of hydrogen-bond donors (Lipinski definition) is 1. The van der Waals surface area contributed by atoms with Crippen molar-refractivity contribution in [3.63, 3.8) is 0 Å². The first kappa shape index (κ1) is 25.5. The number of ether oxygens (including phenoxy) is 3. The van der Waals surface area contributed by atoms with Gasteiger partial charge in [-0.1, -0.05) is 19.0 Å². The second-order valence-electron chi connectivity index (χ2n) is 8.18. The van der Waals surface area contributed by atoms with Crippen LogP contribution in [0.15, 0.2) is 47.0 Å². The van der Waals surface area contributed by atoms with Crippen LogP contribution in [0.5, 0.6) is 11.5 Å². The van der Waals surface area contributed by atoms with E-state index in [9.17, 15) is 14.4 Å². The molecule has 184 valence electrons. The van der Waals surface area contributed by atoms with E-state index >= 15 is 0 Å². The highest BCUT2D eigenvalue weighted by Crippen LogP contribution is 2.30. The number of methoxy groups -OCH3 is 1. The number of benzene rings is 2. The van der Waals surface area contributed by atoms with Crippen molar-refractivity contribution in [3.05, 3.63) is 70.6 Å². The average Bonchev–Trinajstić information content (AvgIpc) is 3.18. The van der Waals surface area contributed by atoms with Crippen molar-refractivity contribution in [2.24, 2.45) is 5.92 Å². The van der Waals surface area contributed by atoms with E-state index in [1.807, 2.05) is 6.92 Å². The monoisotopic (exact) mass is 480 g/mol. The highest BCUT2D eigenvalue weighted by molar-refractivity contribution is 6.00. The highest BCUT2D eigenvalue weighted by atomic mass is 16.5. The van der Waals surface area contributed by atoms with E-state index in [1.54, 1.807) is 51.1 Å². The molecular formula is C26H28N2O7. The summed E-state index contributed by atoms with van der Waals surface area (Å²) in [6.45, 7) is 7.01. The van der Waals surface area contributed by atoms with Crippen molar-refractivity contribution in [1.82, 2.24) is 5.16 Å². The van der Waals surface area contributed by atoms with Crippen LogP contribution in [-0.2, 0) is 16.1 Å². The van der Waals surface area contributed by atoms with Crippen LogP contribution in [0, 0.1) is 19.8 Å². The average molecular weight is 481 g/mol. The molecule has 9 nitrogen and oxygen atoms in total. The normalized spacial score (nSPS) is 10.7. The number of amides is 1. The number of carbonyl (C=O) groups is 3. The van der Waals surface area contributed by atoms with Gasteiger partial charge in [0.05, 0.1) is 23.9 Å². The summed E-state index contributed by atoms with van der Waals surface area (Å²) in [7, 11) is 1.46. The number of ketones is 1. The first-order valence-electron chi connectivity index (χ1n) is 11.0. The lowest BCUT2D eigenvalue weighted by atomic mass is 10.1. The van der Waals surface area contributed by atoms with Crippen molar-refractivity contribution >= 4 is 23.3 Å². The smallest absolute Gasteiger partial charge is 0.338 e. The van der Waals surface area contributed by atoms with E-state index in [1.165, 1.54) is 19.2 Å². The summed E-state index contributed by atoms with van der Waals surface area (Å²) in [5.41, 5.74) is 2.73. The van der Waals surface area contributed by atoms with Crippen molar-refractivity contribution in [2.75, 3.05) is 19.0 Å². The summed E-state index contributed by atoms with van der Waals surface area (Å²) in [6.07, 6.45) is 0. The Bertz CT molecular complexity index is 1190. The number of aromatic nitrogens is 1. The number of Topliss-reactive ketones (excluding diaryl/α,β-unsaturated/α-hetero) is 1. The lowest BCUT2D eigenvalue weighted by Crippen LogP contribution is -2.18. The van der Waals surface area contributed by atoms with Crippen LogP contribution < -0.4 is 14.8 Å². The summed E-state index contributed by atoms with van der Waals surface area (Å²) in [5.74, 6) is 0.134. The molecule has 1 amide bonds. The van der Waals surface area contributed by atoms with Crippen LogP contribution in [0.3, 0.4) is 0 Å². The first-order chi connectivity index (χ1) is 16.7. The maximum absolute atomic E-state index is 12.5. The molecule has 0 saturated carbocycles. The maximum atomic E-state index is 12.5. The number of hydrogen-bond acceptors (Lipinski definition) is 8. The fourth-order valence-electron chi connectivity index (χ4n) is 3.10. The van der Waals surface area contributed by atoms with Crippen LogP contribution in [0.4, 0.5) is 5.69 Å². The first-order valence-corrected chi connectivity index (χ1v) is 11.0. The molecule has 0 unspecified atom stereocenters. The molecule has 0 aliphatic carbocycles. The molecule has 2 aromatic carbocycles. The molecule has 0 aliphatic heterocycles. The predicted octanol–water partition coefficient (Wildman–Crippen LogP) is 4.51. The molecule has 35 heavy (non-hydrogen) atoms. The molecule has 0 aliphatic rings. The van der Waals surface area contributed by atoms with Crippen LogP contribution in [-0.4, -0.2) is 36.5 Å². The number of carbonyl (C=O) groups excluding carboxylic acids is 3. The molecule has 9 heteroatoms. The van der Waals surface area contributed by atoms with Gasteiger partial charge in [0.2, 0.25) is 5.91 Å². The Morgan fingerprint density at radius 1 is 1.00 bits per heavy atom. The summed E-state index contributed by atoms with van der Waals surface area (Å²) in [5, 5.41) is 6.65. The van der Waals surface area contributed by atoms with Gasteiger partial charge in [-0.3, -0.25) is 9.59 Å². The van der Waals surface area contributed by atoms with Gasteiger partial charge in [-0.15, -0.1) is 0 Å². The molecule has 1 heterocycles. The van der Waals surface area contributed by atoms with Crippen LogP contribution in [0.1, 0.15) is 51.6 Å². The number of nitrogens with one attached hydrogen (secondary N) is 1. The van der Waals surface area contributed by atoms with E-state index in [0.717, 1.165) is 11.3 Å². The second kappa shape index (κ2) is 11.3. The molecule has 0 bridgehead atoms. The van der Waals surface area contributed by atoms with Crippen molar-refractivity contribution in [2.45, 2.75) is 34.3 Å². The van der Waals surface area contributed by atoms with Gasteiger partial charge in [-0.25, -0.2) is 4.79 Å². The minimum atomic E-state index is -0.672. The molecule has 0 saturated heterocycles.